The molecule has 0 atom stereocenters. The summed E-state index contributed by atoms with van der Waals surface area (Å²) in [5, 5.41) is 10.9. The van der Waals surface area contributed by atoms with Gasteiger partial charge in [0.2, 0.25) is 0 Å². The minimum Gasteiger partial charge on any atom is -0.377 e. The molecule has 2 rings (SSSR count). The number of hydrogen-bond donors (Lipinski definition) is 1. The van der Waals surface area contributed by atoms with Crippen LogP contribution in [0.3, 0.4) is 0 Å². The van der Waals surface area contributed by atoms with Gasteiger partial charge in [-0.05, 0) is 6.42 Å². The lowest BCUT2D eigenvalue weighted by atomic mass is 10.4. The molecule has 0 aliphatic carbocycles. The molecule has 0 aliphatic heterocycles. The highest BCUT2D eigenvalue weighted by atomic mass is 35.5. The topological polar surface area (TPSA) is 73.0 Å². The SMILES string of the molecule is CCCn1ncc(NCc2ccon2)c(Cl)c1=O. The maximum absolute atomic E-state index is 11.8. The molecule has 0 saturated carbocycles. The largest absolute Gasteiger partial charge is 0.377 e. The van der Waals surface area contributed by atoms with Gasteiger partial charge < -0.3 is 9.84 Å². The van der Waals surface area contributed by atoms with E-state index in [1.165, 1.54) is 10.9 Å². The van der Waals surface area contributed by atoms with Crippen LogP contribution in [0, 0.1) is 0 Å². The van der Waals surface area contributed by atoms with E-state index in [1.54, 1.807) is 12.3 Å². The molecule has 0 unspecified atom stereocenters. The van der Waals surface area contributed by atoms with Gasteiger partial charge >= 0.3 is 0 Å². The fourth-order valence-electron chi connectivity index (χ4n) is 1.47. The van der Waals surface area contributed by atoms with Crippen LogP contribution in [0.2, 0.25) is 5.02 Å². The number of aryl methyl sites for hydroxylation is 1. The fraction of sp³-hybridized carbons (Fsp3) is 0.364. The molecule has 0 amide bonds. The Hall–Kier alpha value is -1.82. The van der Waals surface area contributed by atoms with Gasteiger partial charge in [-0.1, -0.05) is 23.7 Å². The monoisotopic (exact) mass is 268 g/mol. The Morgan fingerprint density at radius 3 is 3.06 bits per heavy atom. The molecule has 0 fully saturated rings. The van der Waals surface area contributed by atoms with Gasteiger partial charge in [0.05, 0.1) is 18.4 Å². The molecule has 2 aromatic rings. The molecular formula is C11H13ClN4O2. The molecule has 18 heavy (non-hydrogen) atoms. The van der Waals surface area contributed by atoms with Gasteiger partial charge in [-0.3, -0.25) is 4.79 Å². The number of halogens is 1. The van der Waals surface area contributed by atoms with E-state index in [2.05, 4.69) is 15.6 Å². The Kier molecular flexibility index (Phi) is 3.99. The summed E-state index contributed by atoms with van der Waals surface area (Å²) in [5.41, 5.74) is 0.935. The first-order chi connectivity index (χ1) is 8.72. The molecule has 6 nitrogen and oxygen atoms in total. The van der Waals surface area contributed by atoms with Crippen LogP contribution in [-0.2, 0) is 13.1 Å². The van der Waals surface area contributed by atoms with Crippen molar-refractivity contribution in [2.24, 2.45) is 0 Å². The van der Waals surface area contributed by atoms with Crippen molar-refractivity contribution in [1.82, 2.24) is 14.9 Å². The van der Waals surface area contributed by atoms with Crippen LogP contribution in [-0.4, -0.2) is 14.9 Å². The first-order valence-corrected chi connectivity index (χ1v) is 5.99. The molecule has 0 bridgehead atoms. The van der Waals surface area contributed by atoms with Gasteiger partial charge in [0.25, 0.3) is 5.56 Å². The third-order valence-electron chi connectivity index (χ3n) is 2.37. The van der Waals surface area contributed by atoms with Crippen molar-refractivity contribution in [1.29, 1.82) is 0 Å². The summed E-state index contributed by atoms with van der Waals surface area (Å²) in [5.74, 6) is 0. The number of anilines is 1. The molecule has 0 saturated heterocycles. The standard InChI is InChI=1S/C11H13ClN4O2/c1-2-4-16-11(17)10(12)9(7-14-16)13-6-8-3-5-18-15-8/h3,5,7,13H,2,4,6H2,1H3. The Bertz CT molecular complexity index is 565. The molecule has 0 radical (unpaired) electrons. The molecule has 2 aromatic heterocycles. The Balaban J connectivity index is 2.14. The van der Waals surface area contributed by atoms with Crippen LogP contribution < -0.4 is 10.9 Å². The number of aromatic nitrogens is 3. The van der Waals surface area contributed by atoms with Gasteiger partial charge in [-0.15, -0.1) is 0 Å². The predicted molar refractivity (Wildman–Crippen MR) is 67.6 cm³/mol. The van der Waals surface area contributed by atoms with Gasteiger partial charge in [0.15, 0.2) is 0 Å². The quantitative estimate of drug-likeness (QED) is 0.897. The lowest BCUT2D eigenvalue weighted by Crippen LogP contribution is -2.24. The second kappa shape index (κ2) is 5.68. The maximum Gasteiger partial charge on any atom is 0.287 e. The molecule has 1 N–H and O–H groups in total. The molecule has 96 valence electrons. The highest BCUT2D eigenvalue weighted by Gasteiger charge is 2.08. The molecular weight excluding hydrogens is 256 g/mol. The van der Waals surface area contributed by atoms with Crippen molar-refractivity contribution in [3.05, 3.63) is 39.6 Å². The lowest BCUT2D eigenvalue weighted by Gasteiger charge is -2.08. The summed E-state index contributed by atoms with van der Waals surface area (Å²) in [7, 11) is 0. The predicted octanol–water partition coefficient (Wildman–Crippen LogP) is 1.91. The minimum absolute atomic E-state index is 0.141. The first-order valence-electron chi connectivity index (χ1n) is 5.61. The first kappa shape index (κ1) is 12.6. The van der Waals surface area contributed by atoms with Crippen LogP contribution in [0.1, 0.15) is 19.0 Å². The molecule has 0 aromatic carbocycles. The average Bonchev–Trinajstić information content (AvgIpc) is 2.87. The zero-order valence-electron chi connectivity index (χ0n) is 9.89. The van der Waals surface area contributed by atoms with Crippen molar-refractivity contribution in [2.75, 3.05) is 5.32 Å². The zero-order valence-corrected chi connectivity index (χ0v) is 10.6. The van der Waals surface area contributed by atoms with Gasteiger partial charge in [-0.25, -0.2) is 4.68 Å². The van der Waals surface area contributed by atoms with Crippen LogP contribution in [0.5, 0.6) is 0 Å². The highest BCUT2D eigenvalue weighted by Crippen LogP contribution is 2.16. The number of nitrogens with one attached hydrogen (secondary N) is 1. The second-order valence-corrected chi connectivity index (χ2v) is 4.12. The fourth-order valence-corrected chi connectivity index (χ4v) is 1.69. The van der Waals surface area contributed by atoms with E-state index in [0.29, 0.717) is 18.8 Å². The van der Waals surface area contributed by atoms with Gasteiger partial charge in [0.1, 0.15) is 17.0 Å². The average molecular weight is 269 g/mol. The summed E-state index contributed by atoms with van der Waals surface area (Å²) in [6.07, 6.45) is 3.85. The third-order valence-corrected chi connectivity index (χ3v) is 2.74. The number of rotatable bonds is 5. The van der Waals surface area contributed by atoms with E-state index in [0.717, 1.165) is 12.1 Å². The second-order valence-electron chi connectivity index (χ2n) is 3.74. The van der Waals surface area contributed by atoms with E-state index < -0.39 is 0 Å². The lowest BCUT2D eigenvalue weighted by molar-refractivity contribution is 0.412. The Labute approximate surface area is 109 Å². The van der Waals surface area contributed by atoms with Crippen molar-refractivity contribution >= 4 is 17.3 Å². The van der Waals surface area contributed by atoms with Crippen LogP contribution in [0.15, 0.2) is 27.8 Å². The van der Waals surface area contributed by atoms with E-state index >= 15 is 0 Å². The zero-order chi connectivity index (χ0) is 13.0. The van der Waals surface area contributed by atoms with Crippen molar-refractivity contribution < 1.29 is 4.52 Å². The van der Waals surface area contributed by atoms with Crippen LogP contribution >= 0.6 is 11.6 Å². The molecule has 7 heteroatoms. The molecule has 0 spiro atoms. The smallest absolute Gasteiger partial charge is 0.287 e. The van der Waals surface area contributed by atoms with Crippen LogP contribution in [0.4, 0.5) is 5.69 Å². The Morgan fingerprint density at radius 1 is 1.56 bits per heavy atom. The number of nitrogens with zero attached hydrogens (tertiary/aromatic N) is 3. The molecule has 0 aliphatic rings. The third kappa shape index (κ3) is 2.70. The van der Waals surface area contributed by atoms with Crippen molar-refractivity contribution in [2.45, 2.75) is 26.4 Å². The summed E-state index contributed by atoms with van der Waals surface area (Å²) in [6, 6.07) is 1.73. The van der Waals surface area contributed by atoms with Crippen LogP contribution in [0.25, 0.3) is 0 Å². The minimum atomic E-state index is -0.288. The summed E-state index contributed by atoms with van der Waals surface area (Å²) in [4.78, 5) is 11.8. The van der Waals surface area contributed by atoms with Crippen molar-refractivity contribution in [3.63, 3.8) is 0 Å². The maximum atomic E-state index is 11.8. The van der Waals surface area contributed by atoms with E-state index in [1.807, 2.05) is 6.92 Å². The normalized spacial score (nSPS) is 10.6. The van der Waals surface area contributed by atoms with Gasteiger partial charge in [0, 0.05) is 12.6 Å². The van der Waals surface area contributed by atoms with E-state index in [-0.39, 0.29) is 10.6 Å². The van der Waals surface area contributed by atoms with E-state index in [9.17, 15) is 4.79 Å². The van der Waals surface area contributed by atoms with Crippen molar-refractivity contribution in [3.8, 4) is 0 Å². The highest BCUT2D eigenvalue weighted by molar-refractivity contribution is 6.32. The summed E-state index contributed by atoms with van der Waals surface area (Å²) >= 11 is 5.99. The van der Waals surface area contributed by atoms with E-state index in [4.69, 9.17) is 16.1 Å². The number of hydrogen-bond acceptors (Lipinski definition) is 5. The van der Waals surface area contributed by atoms with Gasteiger partial charge in [-0.2, -0.15) is 5.10 Å². The molecule has 2 heterocycles. The summed E-state index contributed by atoms with van der Waals surface area (Å²) in [6.45, 7) is 2.95. The summed E-state index contributed by atoms with van der Waals surface area (Å²) < 4.78 is 6.05. The Morgan fingerprint density at radius 2 is 2.39 bits per heavy atom.